The van der Waals surface area contributed by atoms with E-state index in [0.717, 1.165) is 0 Å². The topological polar surface area (TPSA) is 102 Å². The van der Waals surface area contributed by atoms with E-state index in [1.165, 1.54) is 12.7 Å². The Morgan fingerprint density at radius 2 is 2.07 bits per heavy atom. The number of rotatable bonds is 4. The average Bonchev–Trinajstić information content (AvgIpc) is 3.25. The van der Waals surface area contributed by atoms with Crippen molar-refractivity contribution in [2.24, 2.45) is 0 Å². The van der Waals surface area contributed by atoms with Crippen LogP contribution in [0.2, 0.25) is 0 Å². The van der Waals surface area contributed by atoms with E-state index in [9.17, 15) is 9.90 Å². The maximum absolute atomic E-state index is 12.4. The van der Waals surface area contributed by atoms with Crippen LogP contribution < -0.4 is 5.32 Å². The van der Waals surface area contributed by atoms with E-state index in [-0.39, 0.29) is 12.0 Å². The fourth-order valence-electron chi connectivity index (χ4n) is 3.16. The molecule has 0 aliphatic carbocycles. The predicted molar refractivity (Wildman–Crippen MR) is 99.6 cm³/mol. The Morgan fingerprint density at radius 3 is 2.78 bits per heavy atom. The van der Waals surface area contributed by atoms with E-state index >= 15 is 0 Å². The van der Waals surface area contributed by atoms with Gasteiger partial charge < -0.3 is 15.2 Å². The van der Waals surface area contributed by atoms with Crippen LogP contribution in [0.25, 0.3) is 11.2 Å². The third-order valence-electron chi connectivity index (χ3n) is 4.60. The molecule has 140 valence electrons. The molecule has 0 bridgehead atoms. The van der Waals surface area contributed by atoms with Crippen molar-refractivity contribution in [3.8, 4) is 0 Å². The first-order valence-corrected chi connectivity index (χ1v) is 9.05. The molecule has 27 heavy (non-hydrogen) atoms. The van der Waals surface area contributed by atoms with Gasteiger partial charge in [0, 0.05) is 5.56 Å². The van der Waals surface area contributed by atoms with E-state index in [1.807, 2.05) is 13.0 Å². The second-order valence-electron chi connectivity index (χ2n) is 6.27. The number of fused-ring (bicyclic) bond motifs is 1. The number of aromatic nitrogens is 4. The second-order valence-corrected chi connectivity index (χ2v) is 6.78. The van der Waals surface area contributed by atoms with Gasteiger partial charge in [-0.1, -0.05) is 25.1 Å². The first-order valence-electron chi connectivity index (χ1n) is 8.61. The summed E-state index contributed by atoms with van der Waals surface area (Å²) in [5.74, 6) is 0.00303. The fraction of sp³-hybridized carbons (Fsp3) is 0.333. The molecular formula is C18H18ClN5O3. The second kappa shape index (κ2) is 7.22. The zero-order valence-corrected chi connectivity index (χ0v) is 15.2. The summed E-state index contributed by atoms with van der Waals surface area (Å²) in [6.07, 6.45) is 1.77. The quantitative estimate of drug-likeness (QED) is 0.666. The molecule has 4 rings (SSSR count). The van der Waals surface area contributed by atoms with E-state index in [0.29, 0.717) is 29.0 Å². The smallest absolute Gasteiger partial charge is 0.256 e. The number of carbonyl (C=O) groups is 1. The number of hydrogen-bond donors (Lipinski definition) is 2. The lowest BCUT2D eigenvalue weighted by Gasteiger charge is -2.16. The first kappa shape index (κ1) is 17.8. The van der Waals surface area contributed by atoms with Gasteiger partial charge in [0.15, 0.2) is 23.2 Å². The molecular weight excluding hydrogens is 370 g/mol. The maximum atomic E-state index is 12.4. The van der Waals surface area contributed by atoms with Crippen molar-refractivity contribution in [3.63, 3.8) is 0 Å². The SMILES string of the molecule is CC[C@H]1O[C@@H](n2cnc3c(NC(=O)c4ccccc4)ncnc32)[C@H](Cl)[C@@H]1O. The summed E-state index contributed by atoms with van der Waals surface area (Å²) in [7, 11) is 0. The molecule has 1 aliphatic rings. The normalized spacial score (nSPS) is 25.0. The molecule has 0 radical (unpaired) electrons. The van der Waals surface area contributed by atoms with Gasteiger partial charge in [-0.3, -0.25) is 9.36 Å². The van der Waals surface area contributed by atoms with Crippen LogP contribution in [0.15, 0.2) is 43.0 Å². The number of aliphatic hydroxyl groups excluding tert-OH is 1. The maximum Gasteiger partial charge on any atom is 0.256 e. The number of halogens is 1. The number of nitrogens with one attached hydrogen (secondary N) is 1. The molecule has 1 fully saturated rings. The highest BCUT2D eigenvalue weighted by molar-refractivity contribution is 6.21. The van der Waals surface area contributed by atoms with Crippen LogP contribution in [0.1, 0.15) is 29.9 Å². The number of imidazole rings is 1. The number of benzene rings is 1. The molecule has 2 N–H and O–H groups in total. The van der Waals surface area contributed by atoms with Crippen molar-refractivity contribution in [2.75, 3.05) is 5.32 Å². The van der Waals surface area contributed by atoms with Gasteiger partial charge in [-0.25, -0.2) is 15.0 Å². The summed E-state index contributed by atoms with van der Waals surface area (Å²) in [5.41, 5.74) is 1.40. The van der Waals surface area contributed by atoms with Gasteiger partial charge >= 0.3 is 0 Å². The Kier molecular flexibility index (Phi) is 4.77. The zero-order chi connectivity index (χ0) is 19.0. The summed E-state index contributed by atoms with van der Waals surface area (Å²) >= 11 is 6.36. The number of aliphatic hydroxyl groups is 1. The van der Waals surface area contributed by atoms with Gasteiger partial charge in [-0.2, -0.15) is 0 Å². The van der Waals surface area contributed by atoms with Crippen molar-refractivity contribution in [1.82, 2.24) is 19.5 Å². The number of hydrogen-bond acceptors (Lipinski definition) is 6. The van der Waals surface area contributed by atoms with Gasteiger partial charge in [-0.05, 0) is 18.6 Å². The lowest BCUT2D eigenvalue weighted by Crippen LogP contribution is -2.27. The van der Waals surface area contributed by atoms with E-state index in [2.05, 4.69) is 20.3 Å². The molecule has 3 aromatic rings. The van der Waals surface area contributed by atoms with Crippen molar-refractivity contribution < 1.29 is 14.6 Å². The molecule has 1 aromatic carbocycles. The zero-order valence-electron chi connectivity index (χ0n) is 14.5. The molecule has 0 unspecified atom stereocenters. The highest BCUT2D eigenvalue weighted by atomic mass is 35.5. The van der Waals surface area contributed by atoms with Gasteiger partial charge in [-0.15, -0.1) is 11.6 Å². The Balaban J connectivity index is 1.65. The minimum absolute atomic E-state index is 0.293. The molecule has 0 saturated carbocycles. The number of amides is 1. The molecule has 9 heteroatoms. The Morgan fingerprint density at radius 1 is 1.30 bits per heavy atom. The van der Waals surface area contributed by atoms with Crippen LogP contribution in [-0.2, 0) is 4.74 Å². The van der Waals surface area contributed by atoms with Crippen LogP contribution >= 0.6 is 11.6 Å². The fourth-order valence-corrected chi connectivity index (χ4v) is 3.51. The lowest BCUT2D eigenvalue weighted by atomic mass is 10.1. The van der Waals surface area contributed by atoms with Crippen LogP contribution in [0.3, 0.4) is 0 Å². The summed E-state index contributed by atoms with van der Waals surface area (Å²) in [6.45, 7) is 1.92. The molecule has 1 aliphatic heterocycles. The molecule has 1 amide bonds. The van der Waals surface area contributed by atoms with Crippen molar-refractivity contribution in [3.05, 3.63) is 48.5 Å². The van der Waals surface area contributed by atoms with Gasteiger partial charge in [0.1, 0.15) is 17.8 Å². The first-order chi connectivity index (χ1) is 13.1. The van der Waals surface area contributed by atoms with E-state index < -0.39 is 17.7 Å². The van der Waals surface area contributed by atoms with Crippen LogP contribution in [0.4, 0.5) is 5.82 Å². The van der Waals surface area contributed by atoms with Crippen LogP contribution in [0, 0.1) is 0 Å². The summed E-state index contributed by atoms with van der Waals surface area (Å²) < 4.78 is 7.53. The molecule has 2 aromatic heterocycles. The Bertz CT molecular complexity index is 964. The lowest BCUT2D eigenvalue weighted by molar-refractivity contribution is -0.0181. The molecule has 0 spiro atoms. The van der Waals surface area contributed by atoms with Gasteiger partial charge in [0.05, 0.1) is 12.4 Å². The largest absolute Gasteiger partial charge is 0.389 e. The monoisotopic (exact) mass is 387 g/mol. The van der Waals surface area contributed by atoms with Crippen molar-refractivity contribution in [2.45, 2.75) is 37.2 Å². The van der Waals surface area contributed by atoms with E-state index in [1.54, 1.807) is 28.8 Å². The highest BCUT2D eigenvalue weighted by Gasteiger charge is 2.43. The van der Waals surface area contributed by atoms with Gasteiger partial charge in [0.25, 0.3) is 5.91 Å². The van der Waals surface area contributed by atoms with Crippen LogP contribution in [-0.4, -0.2) is 48.1 Å². The molecule has 4 atom stereocenters. The van der Waals surface area contributed by atoms with Crippen molar-refractivity contribution >= 4 is 34.5 Å². The average molecular weight is 388 g/mol. The standard InChI is InChI=1S/C18H18ClN5O3/c1-2-11-14(25)12(19)18(27-11)24-9-22-13-15(20-8-21-16(13)24)23-17(26)10-6-4-3-5-7-10/h3-9,11-12,14,18,25H,2H2,1H3,(H,20,21,23,26)/t11-,12-,14-,18-/m1/s1. The Labute approximate surface area is 160 Å². The minimum Gasteiger partial charge on any atom is -0.389 e. The number of anilines is 1. The third kappa shape index (κ3) is 3.16. The number of alkyl halides is 1. The third-order valence-corrected chi connectivity index (χ3v) is 5.07. The summed E-state index contributed by atoms with van der Waals surface area (Å²) in [4.78, 5) is 25.1. The van der Waals surface area contributed by atoms with Gasteiger partial charge in [0.2, 0.25) is 0 Å². The summed E-state index contributed by atoms with van der Waals surface area (Å²) in [5, 5.41) is 12.3. The van der Waals surface area contributed by atoms with Crippen molar-refractivity contribution in [1.29, 1.82) is 0 Å². The summed E-state index contributed by atoms with van der Waals surface area (Å²) in [6, 6.07) is 8.83. The minimum atomic E-state index is -0.779. The Hall–Kier alpha value is -2.55. The molecule has 1 saturated heterocycles. The molecule has 3 heterocycles. The predicted octanol–water partition coefficient (Wildman–Crippen LogP) is 2.35. The molecule has 8 nitrogen and oxygen atoms in total. The number of nitrogens with zero attached hydrogens (tertiary/aromatic N) is 4. The van der Waals surface area contributed by atoms with E-state index in [4.69, 9.17) is 16.3 Å². The van der Waals surface area contributed by atoms with Crippen LogP contribution in [0.5, 0.6) is 0 Å². The number of carbonyl (C=O) groups excluding carboxylic acids is 1. The highest BCUT2D eigenvalue weighted by Crippen LogP contribution is 2.36. The number of ether oxygens (including phenoxy) is 1.